The predicted octanol–water partition coefficient (Wildman–Crippen LogP) is 4.43. The zero-order valence-corrected chi connectivity index (χ0v) is 15.5. The molecule has 1 aromatic carbocycles. The fourth-order valence-electron chi connectivity index (χ4n) is 2.76. The van der Waals surface area contributed by atoms with Crippen molar-refractivity contribution in [1.29, 1.82) is 0 Å². The lowest BCUT2D eigenvalue weighted by atomic mass is 10.1. The number of phenolic OH excluding ortho intramolecular Hbond substituents is 1. The summed E-state index contributed by atoms with van der Waals surface area (Å²) in [5, 5.41) is 9.79. The molecule has 0 aliphatic heterocycles. The topological polar surface area (TPSA) is 66.8 Å². The molecule has 5 heteroatoms. The maximum Gasteiger partial charge on any atom is 0.305 e. The normalized spacial score (nSPS) is 10.5. The van der Waals surface area contributed by atoms with Crippen LogP contribution in [-0.2, 0) is 14.3 Å². The van der Waals surface area contributed by atoms with E-state index in [4.69, 9.17) is 0 Å². The van der Waals surface area contributed by atoms with Crippen molar-refractivity contribution in [2.24, 2.45) is 0 Å². The summed E-state index contributed by atoms with van der Waals surface area (Å²) in [4.78, 5) is 24.6. The van der Waals surface area contributed by atoms with Crippen LogP contribution in [0.2, 0.25) is 0 Å². The first-order valence-corrected chi connectivity index (χ1v) is 9.17. The monoisotopic (exact) mass is 349 g/mol. The fraction of sp³-hybridized carbons (Fsp3) is 0.600. The first-order chi connectivity index (χ1) is 12.1. The third-order valence-corrected chi connectivity index (χ3v) is 4.37. The van der Waals surface area contributed by atoms with Gasteiger partial charge in [-0.25, -0.2) is 0 Å². The number of esters is 1. The summed E-state index contributed by atoms with van der Waals surface area (Å²) >= 11 is 0. The van der Waals surface area contributed by atoms with Crippen LogP contribution in [0.1, 0.15) is 64.2 Å². The Morgan fingerprint density at radius 1 is 0.920 bits per heavy atom. The molecule has 0 radical (unpaired) electrons. The van der Waals surface area contributed by atoms with Crippen LogP contribution in [0.5, 0.6) is 5.75 Å². The van der Waals surface area contributed by atoms with Gasteiger partial charge in [-0.1, -0.05) is 50.7 Å². The summed E-state index contributed by atoms with van der Waals surface area (Å²) in [5.74, 6) is 0.0355. The van der Waals surface area contributed by atoms with Gasteiger partial charge in [0, 0.05) is 19.9 Å². The maximum atomic E-state index is 12.2. The number of unbranched alkanes of at least 4 members (excludes halogenated alkanes) is 7. The molecule has 0 heterocycles. The van der Waals surface area contributed by atoms with Gasteiger partial charge < -0.3 is 14.7 Å². The first kappa shape index (κ1) is 21.0. The van der Waals surface area contributed by atoms with Crippen LogP contribution in [0.3, 0.4) is 0 Å². The third kappa shape index (κ3) is 8.57. The van der Waals surface area contributed by atoms with Crippen LogP contribution in [0.4, 0.5) is 5.69 Å². The van der Waals surface area contributed by atoms with Crippen molar-refractivity contribution < 1.29 is 19.4 Å². The highest BCUT2D eigenvalue weighted by atomic mass is 16.5. The molecule has 0 aromatic heterocycles. The second kappa shape index (κ2) is 12.3. The number of para-hydroxylation sites is 2. The summed E-state index contributed by atoms with van der Waals surface area (Å²) in [6, 6.07) is 6.88. The molecule has 25 heavy (non-hydrogen) atoms. The summed E-state index contributed by atoms with van der Waals surface area (Å²) in [6.45, 7) is 0. The number of ether oxygens (including phenoxy) is 1. The summed E-state index contributed by atoms with van der Waals surface area (Å²) < 4.78 is 4.61. The number of hydrogen-bond acceptors (Lipinski definition) is 4. The average Bonchev–Trinajstić information content (AvgIpc) is 2.62. The number of methoxy groups -OCH3 is 1. The van der Waals surface area contributed by atoms with Gasteiger partial charge in [0.05, 0.1) is 12.8 Å². The van der Waals surface area contributed by atoms with Crippen LogP contribution >= 0.6 is 0 Å². The van der Waals surface area contributed by atoms with Gasteiger partial charge in [-0.2, -0.15) is 0 Å². The van der Waals surface area contributed by atoms with Crippen molar-refractivity contribution in [3.05, 3.63) is 24.3 Å². The Labute approximate surface area is 151 Å². The summed E-state index contributed by atoms with van der Waals surface area (Å²) in [6.07, 6.45) is 9.53. The molecular formula is C20H31NO4. The van der Waals surface area contributed by atoms with Crippen LogP contribution in [0.15, 0.2) is 24.3 Å². The highest BCUT2D eigenvalue weighted by Crippen LogP contribution is 2.26. The van der Waals surface area contributed by atoms with Crippen molar-refractivity contribution in [2.45, 2.75) is 64.2 Å². The molecule has 5 nitrogen and oxygen atoms in total. The molecule has 0 unspecified atom stereocenters. The Morgan fingerprint density at radius 2 is 1.44 bits per heavy atom. The maximum absolute atomic E-state index is 12.2. The van der Waals surface area contributed by atoms with E-state index in [0.717, 1.165) is 38.5 Å². The lowest BCUT2D eigenvalue weighted by molar-refractivity contribution is -0.140. The second-order valence-corrected chi connectivity index (χ2v) is 6.35. The lowest BCUT2D eigenvalue weighted by Crippen LogP contribution is -2.25. The predicted molar refractivity (Wildman–Crippen MR) is 99.7 cm³/mol. The number of carbonyl (C=O) groups excluding carboxylic acids is 2. The van der Waals surface area contributed by atoms with E-state index in [1.807, 2.05) is 6.07 Å². The van der Waals surface area contributed by atoms with Gasteiger partial charge in [-0.15, -0.1) is 0 Å². The van der Waals surface area contributed by atoms with Crippen molar-refractivity contribution in [1.82, 2.24) is 0 Å². The van der Waals surface area contributed by atoms with E-state index in [2.05, 4.69) is 4.74 Å². The minimum Gasteiger partial charge on any atom is -0.506 e. The van der Waals surface area contributed by atoms with E-state index in [0.29, 0.717) is 18.5 Å². The van der Waals surface area contributed by atoms with Gasteiger partial charge in [-0.3, -0.25) is 9.59 Å². The zero-order valence-electron chi connectivity index (χ0n) is 15.5. The number of hydrogen-bond donors (Lipinski definition) is 1. The van der Waals surface area contributed by atoms with Crippen molar-refractivity contribution in [2.75, 3.05) is 19.1 Å². The second-order valence-electron chi connectivity index (χ2n) is 6.35. The Hall–Kier alpha value is -2.04. The highest BCUT2D eigenvalue weighted by molar-refractivity contribution is 5.94. The molecule has 140 valence electrons. The molecule has 0 saturated heterocycles. The largest absolute Gasteiger partial charge is 0.506 e. The SMILES string of the molecule is COC(=O)CCCCCCCCCCC(=O)N(C)c1ccccc1O. The minimum absolute atomic E-state index is 0.0318. The molecular weight excluding hydrogens is 318 g/mol. The first-order valence-electron chi connectivity index (χ1n) is 9.17. The molecule has 0 aliphatic rings. The van der Waals surface area contributed by atoms with Crippen LogP contribution in [0, 0.1) is 0 Å². The molecule has 0 fully saturated rings. The Morgan fingerprint density at radius 3 is 2.00 bits per heavy atom. The van der Waals surface area contributed by atoms with E-state index in [-0.39, 0.29) is 17.6 Å². The molecule has 0 bridgehead atoms. The van der Waals surface area contributed by atoms with Gasteiger partial charge >= 0.3 is 5.97 Å². The molecule has 1 rings (SSSR count). The number of anilines is 1. The van der Waals surface area contributed by atoms with E-state index < -0.39 is 0 Å². The summed E-state index contributed by atoms with van der Waals surface area (Å²) in [7, 11) is 3.12. The van der Waals surface area contributed by atoms with E-state index in [1.54, 1.807) is 25.2 Å². The average molecular weight is 349 g/mol. The Bertz CT molecular complexity index is 530. The Kier molecular flexibility index (Phi) is 10.4. The molecule has 1 aromatic rings. The quantitative estimate of drug-likeness (QED) is 0.448. The third-order valence-electron chi connectivity index (χ3n) is 4.37. The molecule has 1 amide bonds. The molecule has 1 N–H and O–H groups in total. The smallest absolute Gasteiger partial charge is 0.305 e. The van der Waals surface area contributed by atoms with E-state index in [9.17, 15) is 14.7 Å². The molecule has 0 aliphatic carbocycles. The summed E-state index contributed by atoms with van der Waals surface area (Å²) in [5.41, 5.74) is 0.555. The number of benzene rings is 1. The van der Waals surface area contributed by atoms with Gasteiger partial charge in [0.1, 0.15) is 5.75 Å². The van der Waals surface area contributed by atoms with Gasteiger partial charge in [0.2, 0.25) is 5.91 Å². The number of carbonyl (C=O) groups is 2. The number of aromatic hydroxyl groups is 1. The van der Waals surface area contributed by atoms with Gasteiger partial charge in [0.25, 0.3) is 0 Å². The highest BCUT2D eigenvalue weighted by Gasteiger charge is 2.13. The van der Waals surface area contributed by atoms with E-state index in [1.165, 1.54) is 24.9 Å². The number of rotatable bonds is 12. The van der Waals surface area contributed by atoms with Crippen LogP contribution in [0.25, 0.3) is 0 Å². The fourth-order valence-corrected chi connectivity index (χ4v) is 2.76. The van der Waals surface area contributed by atoms with Gasteiger partial charge in [-0.05, 0) is 25.0 Å². The molecule has 0 atom stereocenters. The van der Waals surface area contributed by atoms with Crippen molar-refractivity contribution in [3.63, 3.8) is 0 Å². The number of phenols is 1. The van der Waals surface area contributed by atoms with E-state index >= 15 is 0 Å². The van der Waals surface area contributed by atoms with Crippen LogP contribution in [-0.4, -0.2) is 31.1 Å². The Balaban J connectivity index is 2.03. The minimum atomic E-state index is -0.126. The molecule has 0 saturated carbocycles. The van der Waals surface area contributed by atoms with Crippen LogP contribution < -0.4 is 4.90 Å². The number of nitrogens with zero attached hydrogens (tertiary/aromatic N) is 1. The van der Waals surface area contributed by atoms with Crippen molar-refractivity contribution >= 4 is 17.6 Å². The van der Waals surface area contributed by atoms with Gasteiger partial charge in [0.15, 0.2) is 0 Å². The van der Waals surface area contributed by atoms with Crippen molar-refractivity contribution in [3.8, 4) is 5.75 Å². The number of amides is 1. The zero-order chi connectivity index (χ0) is 18.5. The molecule has 0 spiro atoms. The lowest BCUT2D eigenvalue weighted by Gasteiger charge is -2.18. The standard InChI is InChI=1S/C20H31NO4/c1-21(17-13-11-12-14-18(17)22)19(23)15-9-7-5-3-4-6-8-10-16-20(24)25-2/h11-14,22H,3-10,15-16H2,1-2H3.